The van der Waals surface area contributed by atoms with Crippen LogP contribution in [-0.4, -0.2) is 12.1 Å². The molecule has 0 amide bonds. The van der Waals surface area contributed by atoms with Crippen LogP contribution in [0.5, 0.6) is 0 Å². The van der Waals surface area contributed by atoms with Crippen LogP contribution in [-0.2, 0) is 12.8 Å². The van der Waals surface area contributed by atoms with Crippen molar-refractivity contribution in [3.8, 4) is 0 Å². The van der Waals surface area contributed by atoms with Crippen LogP contribution in [0.2, 0.25) is 0 Å². The first-order valence-electron chi connectivity index (χ1n) is 7.51. The number of hydrogen-bond donors (Lipinski definition) is 0. The Morgan fingerprint density at radius 3 is 2.36 bits per heavy atom. The number of aliphatic imine (C=N–C) groups is 2. The Balaban J connectivity index is 2.11. The van der Waals surface area contributed by atoms with Crippen LogP contribution in [0, 0.1) is 0 Å². The average molecular weight is 290 g/mol. The lowest BCUT2D eigenvalue weighted by molar-refractivity contribution is 0.955. The van der Waals surface area contributed by atoms with Gasteiger partial charge in [-0.1, -0.05) is 61.2 Å². The van der Waals surface area contributed by atoms with Crippen LogP contribution in [0.15, 0.2) is 71.2 Å². The molecule has 0 unspecified atom stereocenters. The summed E-state index contributed by atoms with van der Waals surface area (Å²) in [6.07, 6.45) is 3.57. The summed E-state index contributed by atoms with van der Waals surface area (Å²) in [5, 5.41) is 0. The van der Waals surface area contributed by atoms with Crippen molar-refractivity contribution in [3.63, 3.8) is 0 Å². The monoisotopic (exact) mass is 290 g/mol. The lowest BCUT2D eigenvalue weighted by Crippen LogP contribution is -1.96. The van der Waals surface area contributed by atoms with Crippen molar-refractivity contribution in [2.45, 2.75) is 26.7 Å². The molecule has 0 aliphatic rings. The maximum atomic E-state index is 4.34. The van der Waals surface area contributed by atoms with Gasteiger partial charge >= 0.3 is 0 Å². The van der Waals surface area contributed by atoms with Gasteiger partial charge in [-0.25, -0.2) is 9.98 Å². The fourth-order valence-electron chi connectivity index (χ4n) is 2.23. The fourth-order valence-corrected chi connectivity index (χ4v) is 2.23. The predicted molar refractivity (Wildman–Crippen MR) is 96.6 cm³/mol. The van der Waals surface area contributed by atoms with Crippen molar-refractivity contribution in [2.24, 2.45) is 9.98 Å². The van der Waals surface area contributed by atoms with E-state index in [1.54, 1.807) is 6.34 Å². The molecule has 112 valence electrons. The van der Waals surface area contributed by atoms with Crippen LogP contribution in [0.25, 0.3) is 5.70 Å². The molecule has 0 aliphatic heterocycles. The van der Waals surface area contributed by atoms with Crippen LogP contribution >= 0.6 is 0 Å². The highest BCUT2D eigenvalue weighted by Gasteiger charge is 2.04. The molecule has 22 heavy (non-hydrogen) atoms. The Bertz CT molecular complexity index is 678. The van der Waals surface area contributed by atoms with E-state index in [1.807, 2.05) is 26.0 Å². The minimum Gasteiger partial charge on any atom is -0.246 e. The third-order valence-corrected chi connectivity index (χ3v) is 3.38. The molecule has 0 bridgehead atoms. The van der Waals surface area contributed by atoms with Gasteiger partial charge in [0.05, 0.1) is 5.70 Å². The minimum absolute atomic E-state index is 0.758. The van der Waals surface area contributed by atoms with Gasteiger partial charge in [-0.15, -0.1) is 0 Å². The first-order chi connectivity index (χ1) is 10.7. The van der Waals surface area contributed by atoms with E-state index in [2.05, 4.69) is 59.0 Å². The van der Waals surface area contributed by atoms with Crippen LogP contribution in [0.3, 0.4) is 0 Å². The number of aryl methyl sites for hydroxylation is 2. The van der Waals surface area contributed by atoms with Crippen LogP contribution in [0.4, 0.5) is 0 Å². The molecule has 2 rings (SSSR count). The van der Waals surface area contributed by atoms with Crippen molar-refractivity contribution < 1.29 is 0 Å². The number of benzene rings is 2. The molecule has 2 heteroatoms. The van der Waals surface area contributed by atoms with E-state index in [1.165, 1.54) is 11.1 Å². The summed E-state index contributed by atoms with van der Waals surface area (Å²) in [5.74, 6) is 0. The van der Waals surface area contributed by atoms with E-state index in [0.717, 1.165) is 29.8 Å². The Hall–Kier alpha value is -2.48. The van der Waals surface area contributed by atoms with Crippen LogP contribution in [0.1, 0.15) is 30.5 Å². The van der Waals surface area contributed by atoms with Crippen LogP contribution < -0.4 is 0 Å². The van der Waals surface area contributed by atoms with Gasteiger partial charge in [0.25, 0.3) is 0 Å². The molecule has 0 heterocycles. The molecule has 0 radical (unpaired) electrons. The Kier molecular flexibility index (Phi) is 5.84. The average Bonchev–Trinajstić information content (AvgIpc) is 2.54. The normalized spacial score (nSPS) is 10.6. The molecule has 2 nitrogen and oxygen atoms in total. The molecule has 0 aliphatic carbocycles. The summed E-state index contributed by atoms with van der Waals surface area (Å²) < 4.78 is 0. The van der Waals surface area contributed by atoms with E-state index in [0.29, 0.717) is 0 Å². The number of nitrogens with zero attached hydrogens (tertiary/aromatic N) is 2. The standard InChI is InChI=1S/C20H22N2/c1-16(2)21-15-22-17(3)20-12-8-7-11-19(20)14-13-18-9-5-4-6-10-18/h4-12,15H,3,13-14H2,1-2H3/b22-15-. The summed E-state index contributed by atoms with van der Waals surface area (Å²) in [6, 6.07) is 18.8. The Morgan fingerprint density at radius 1 is 0.955 bits per heavy atom. The SMILES string of the molecule is C=C(/N=C\N=C(C)C)c1ccccc1CCc1ccccc1. The minimum atomic E-state index is 0.758. The maximum absolute atomic E-state index is 4.34. The number of hydrogen-bond acceptors (Lipinski definition) is 1. The summed E-state index contributed by atoms with van der Waals surface area (Å²) in [4.78, 5) is 8.52. The van der Waals surface area contributed by atoms with Gasteiger partial charge in [0, 0.05) is 11.3 Å². The fraction of sp³-hybridized carbons (Fsp3) is 0.200. The van der Waals surface area contributed by atoms with Crippen molar-refractivity contribution in [2.75, 3.05) is 0 Å². The molecule has 0 fully saturated rings. The first kappa shape index (κ1) is 15.9. The highest BCUT2D eigenvalue weighted by molar-refractivity contribution is 5.88. The van der Waals surface area contributed by atoms with Gasteiger partial charge < -0.3 is 0 Å². The van der Waals surface area contributed by atoms with E-state index in [9.17, 15) is 0 Å². The summed E-state index contributed by atoms with van der Waals surface area (Å²) in [5.41, 5.74) is 5.45. The molecule has 2 aromatic rings. The molecular weight excluding hydrogens is 268 g/mol. The van der Waals surface area contributed by atoms with E-state index in [-0.39, 0.29) is 0 Å². The molecule has 0 atom stereocenters. The topological polar surface area (TPSA) is 24.7 Å². The molecular formula is C20H22N2. The maximum Gasteiger partial charge on any atom is 0.115 e. The quantitative estimate of drug-likeness (QED) is 0.531. The van der Waals surface area contributed by atoms with Gasteiger partial charge in [-0.2, -0.15) is 0 Å². The highest BCUT2D eigenvalue weighted by atomic mass is 14.9. The van der Waals surface area contributed by atoms with E-state index < -0.39 is 0 Å². The lowest BCUT2D eigenvalue weighted by atomic mass is 9.98. The smallest absolute Gasteiger partial charge is 0.115 e. The first-order valence-corrected chi connectivity index (χ1v) is 7.51. The largest absolute Gasteiger partial charge is 0.246 e. The Morgan fingerprint density at radius 2 is 1.64 bits per heavy atom. The van der Waals surface area contributed by atoms with Gasteiger partial charge in [0.1, 0.15) is 6.34 Å². The summed E-state index contributed by atoms with van der Waals surface area (Å²) >= 11 is 0. The molecule has 0 saturated carbocycles. The molecule has 2 aromatic carbocycles. The predicted octanol–water partition coefficient (Wildman–Crippen LogP) is 4.95. The summed E-state index contributed by atoms with van der Waals surface area (Å²) in [6.45, 7) is 7.96. The lowest BCUT2D eigenvalue weighted by Gasteiger charge is -2.09. The van der Waals surface area contributed by atoms with Crippen molar-refractivity contribution in [1.29, 1.82) is 0 Å². The zero-order valence-corrected chi connectivity index (χ0v) is 13.3. The van der Waals surface area contributed by atoms with Crippen molar-refractivity contribution >= 4 is 17.7 Å². The summed E-state index contributed by atoms with van der Waals surface area (Å²) in [7, 11) is 0. The number of rotatable bonds is 6. The second-order valence-electron chi connectivity index (χ2n) is 5.41. The third-order valence-electron chi connectivity index (χ3n) is 3.38. The molecule has 0 spiro atoms. The third kappa shape index (κ3) is 4.81. The van der Waals surface area contributed by atoms with Crippen molar-refractivity contribution in [1.82, 2.24) is 0 Å². The zero-order valence-electron chi connectivity index (χ0n) is 13.3. The van der Waals surface area contributed by atoms with E-state index >= 15 is 0 Å². The zero-order chi connectivity index (χ0) is 15.8. The Labute approximate surface area is 133 Å². The second kappa shape index (κ2) is 8.08. The highest BCUT2D eigenvalue weighted by Crippen LogP contribution is 2.20. The van der Waals surface area contributed by atoms with Gasteiger partial charge in [0.2, 0.25) is 0 Å². The molecule has 0 aromatic heterocycles. The molecule has 0 N–H and O–H groups in total. The van der Waals surface area contributed by atoms with Crippen molar-refractivity contribution in [3.05, 3.63) is 77.9 Å². The second-order valence-corrected chi connectivity index (χ2v) is 5.41. The van der Waals surface area contributed by atoms with Gasteiger partial charge in [-0.05, 0) is 37.8 Å². The van der Waals surface area contributed by atoms with Gasteiger partial charge in [0.15, 0.2) is 0 Å². The molecule has 0 saturated heterocycles. The van der Waals surface area contributed by atoms with E-state index in [4.69, 9.17) is 0 Å². The van der Waals surface area contributed by atoms with Gasteiger partial charge in [-0.3, -0.25) is 0 Å².